The van der Waals surface area contributed by atoms with Gasteiger partial charge in [-0.2, -0.15) is 0 Å². The highest BCUT2D eigenvalue weighted by molar-refractivity contribution is 5.88. The standard InChI is InChI=1S/C17H20N4O2/c1-12-9-13(2)19-16(10-12)20-17(22)21-8-5-15(11-21)23-14-3-6-18-7-4-14/h3-4,6-7,9-10,15H,5,8,11H2,1-2H3,(H,19,20,22)/t15-/m0/s1. The summed E-state index contributed by atoms with van der Waals surface area (Å²) in [6.45, 7) is 5.14. The number of nitrogens with one attached hydrogen (secondary N) is 1. The molecule has 2 aromatic heterocycles. The van der Waals surface area contributed by atoms with Gasteiger partial charge in [0, 0.05) is 31.1 Å². The number of ether oxygens (including phenoxy) is 1. The topological polar surface area (TPSA) is 67.4 Å². The molecule has 0 bridgehead atoms. The van der Waals surface area contributed by atoms with Crippen LogP contribution in [0.3, 0.4) is 0 Å². The van der Waals surface area contributed by atoms with Crippen molar-refractivity contribution in [2.75, 3.05) is 18.4 Å². The second-order valence-electron chi connectivity index (χ2n) is 5.76. The first-order valence-electron chi connectivity index (χ1n) is 7.68. The summed E-state index contributed by atoms with van der Waals surface area (Å²) >= 11 is 0. The number of likely N-dealkylation sites (tertiary alicyclic amines) is 1. The number of carbonyl (C=O) groups is 1. The van der Waals surface area contributed by atoms with E-state index < -0.39 is 0 Å². The van der Waals surface area contributed by atoms with Crippen LogP contribution < -0.4 is 10.1 Å². The fourth-order valence-corrected chi connectivity index (χ4v) is 2.71. The Morgan fingerprint density at radius 3 is 2.83 bits per heavy atom. The number of amides is 2. The molecule has 2 aromatic rings. The second-order valence-corrected chi connectivity index (χ2v) is 5.76. The van der Waals surface area contributed by atoms with E-state index in [-0.39, 0.29) is 12.1 Å². The predicted molar refractivity (Wildman–Crippen MR) is 87.6 cm³/mol. The Balaban J connectivity index is 1.57. The monoisotopic (exact) mass is 312 g/mol. The van der Waals surface area contributed by atoms with Crippen LogP contribution >= 0.6 is 0 Å². The molecule has 0 saturated carbocycles. The zero-order chi connectivity index (χ0) is 16.2. The molecule has 0 spiro atoms. The highest BCUT2D eigenvalue weighted by atomic mass is 16.5. The molecule has 0 radical (unpaired) electrons. The van der Waals surface area contributed by atoms with Gasteiger partial charge in [-0.05, 0) is 43.7 Å². The highest BCUT2D eigenvalue weighted by Gasteiger charge is 2.27. The molecule has 1 aliphatic rings. The van der Waals surface area contributed by atoms with Crippen LogP contribution in [0.25, 0.3) is 0 Å². The maximum atomic E-state index is 12.3. The van der Waals surface area contributed by atoms with Gasteiger partial charge in [0.05, 0.1) is 6.54 Å². The van der Waals surface area contributed by atoms with E-state index in [1.54, 1.807) is 17.3 Å². The number of anilines is 1. The Morgan fingerprint density at radius 1 is 1.30 bits per heavy atom. The van der Waals surface area contributed by atoms with Crippen molar-refractivity contribution in [2.24, 2.45) is 0 Å². The van der Waals surface area contributed by atoms with E-state index in [0.29, 0.717) is 18.9 Å². The van der Waals surface area contributed by atoms with E-state index in [1.165, 1.54) is 0 Å². The van der Waals surface area contributed by atoms with E-state index in [1.807, 2.05) is 38.1 Å². The summed E-state index contributed by atoms with van der Waals surface area (Å²) < 4.78 is 5.87. The molecule has 0 aliphatic carbocycles. The molecule has 3 rings (SSSR count). The van der Waals surface area contributed by atoms with E-state index in [0.717, 1.165) is 23.4 Å². The highest BCUT2D eigenvalue weighted by Crippen LogP contribution is 2.18. The van der Waals surface area contributed by atoms with Crippen LogP contribution in [0.4, 0.5) is 10.6 Å². The summed E-state index contributed by atoms with van der Waals surface area (Å²) in [6, 6.07) is 7.35. The zero-order valence-electron chi connectivity index (χ0n) is 13.3. The average Bonchev–Trinajstić information content (AvgIpc) is 2.96. The molecular weight excluding hydrogens is 292 g/mol. The summed E-state index contributed by atoms with van der Waals surface area (Å²) in [5, 5.41) is 2.86. The number of aromatic nitrogens is 2. The quantitative estimate of drug-likeness (QED) is 0.946. The van der Waals surface area contributed by atoms with Crippen molar-refractivity contribution in [1.82, 2.24) is 14.9 Å². The van der Waals surface area contributed by atoms with Gasteiger partial charge in [-0.3, -0.25) is 10.3 Å². The van der Waals surface area contributed by atoms with Gasteiger partial charge in [-0.25, -0.2) is 9.78 Å². The average molecular weight is 312 g/mol. The van der Waals surface area contributed by atoms with Gasteiger partial charge in [0.25, 0.3) is 0 Å². The zero-order valence-corrected chi connectivity index (χ0v) is 13.3. The summed E-state index contributed by atoms with van der Waals surface area (Å²) in [5.74, 6) is 1.37. The van der Waals surface area contributed by atoms with Gasteiger partial charge >= 0.3 is 6.03 Å². The summed E-state index contributed by atoms with van der Waals surface area (Å²) in [5.41, 5.74) is 1.97. The smallest absolute Gasteiger partial charge is 0.323 e. The molecule has 6 nitrogen and oxygen atoms in total. The van der Waals surface area contributed by atoms with Gasteiger partial charge in [-0.15, -0.1) is 0 Å². The Labute approximate surface area is 135 Å². The van der Waals surface area contributed by atoms with E-state index in [9.17, 15) is 4.79 Å². The normalized spacial score (nSPS) is 17.1. The number of nitrogens with zero attached hydrogens (tertiary/aromatic N) is 3. The van der Waals surface area contributed by atoms with Crippen molar-refractivity contribution < 1.29 is 9.53 Å². The second kappa shape index (κ2) is 6.64. The summed E-state index contributed by atoms with van der Waals surface area (Å²) in [7, 11) is 0. The molecular formula is C17H20N4O2. The minimum absolute atomic E-state index is 0.00959. The van der Waals surface area contributed by atoms with Crippen LogP contribution in [0.5, 0.6) is 5.75 Å². The van der Waals surface area contributed by atoms with Crippen molar-refractivity contribution in [1.29, 1.82) is 0 Å². The third kappa shape index (κ3) is 3.97. The molecule has 6 heteroatoms. The molecule has 1 atom stereocenters. The fourth-order valence-electron chi connectivity index (χ4n) is 2.71. The molecule has 2 amide bonds. The van der Waals surface area contributed by atoms with Gasteiger partial charge in [0.1, 0.15) is 17.7 Å². The van der Waals surface area contributed by atoms with Crippen LogP contribution in [0.1, 0.15) is 17.7 Å². The molecule has 1 aliphatic heterocycles. The van der Waals surface area contributed by atoms with Gasteiger partial charge in [0.2, 0.25) is 0 Å². The van der Waals surface area contributed by atoms with Crippen molar-refractivity contribution in [3.63, 3.8) is 0 Å². The van der Waals surface area contributed by atoms with E-state index in [2.05, 4.69) is 15.3 Å². The minimum Gasteiger partial charge on any atom is -0.488 e. The Hall–Kier alpha value is -2.63. The Bertz CT molecular complexity index is 670. The van der Waals surface area contributed by atoms with Crippen molar-refractivity contribution in [3.05, 3.63) is 47.9 Å². The number of hydrogen-bond donors (Lipinski definition) is 1. The number of aryl methyl sites for hydroxylation is 2. The van der Waals surface area contributed by atoms with Crippen LogP contribution in [-0.4, -0.2) is 40.1 Å². The maximum Gasteiger partial charge on any atom is 0.323 e. The van der Waals surface area contributed by atoms with Crippen molar-refractivity contribution in [2.45, 2.75) is 26.4 Å². The molecule has 1 saturated heterocycles. The SMILES string of the molecule is Cc1cc(C)nc(NC(=O)N2CC[C@H](Oc3ccncc3)C2)c1. The fraction of sp³-hybridized carbons (Fsp3) is 0.353. The van der Waals surface area contributed by atoms with Crippen molar-refractivity contribution >= 4 is 11.8 Å². The van der Waals surface area contributed by atoms with Gasteiger partial charge in [-0.1, -0.05) is 0 Å². The lowest BCUT2D eigenvalue weighted by Crippen LogP contribution is -2.34. The van der Waals surface area contributed by atoms with E-state index in [4.69, 9.17) is 4.74 Å². The van der Waals surface area contributed by atoms with Crippen LogP contribution in [-0.2, 0) is 0 Å². The molecule has 23 heavy (non-hydrogen) atoms. The summed E-state index contributed by atoms with van der Waals surface area (Å²) in [6.07, 6.45) is 4.21. The van der Waals surface area contributed by atoms with E-state index >= 15 is 0 Å². The number of hydrogen-bond acceptors (Lipinski definition) is 4. The first kappa shape index (κ1) is 15.3. The number of carbonyl (C=O) groups excluding carboxylic acids is 1. The van der Waals surface area contributed by atoms with Crippen LogP contribution in [0, 0.1) is 13.8 Å². The maximum absolute atomic E-state index is 12.3. The van der Waals surface area contributed by atoms with Gasteiger partial charge < -0.3 is 9.64 Å². The molecule has 0 aromatic carbocycles. The third-order valence-corrected chi connectivity index (χ3v) is 3.72. The molecule has 0 unspecified atom stereocenters. The molecule has 3 heterocycles. The predicted octanol–water partition coefficient (Wildman–Crippen LogP) is 2.78. The number of pyridine rings is 2. The van der Waals surface area contributed by atoms with Crippen LogP contribution in [0.15, 0.2) is 36.7 Å². The van der Waals surface area contributed by atoms with Gasteiger partial charge in [0.15, 0.2) is 0 Å². The first-order valence-corrected chi connectivity index (χ1v) is 7.68. The lowest BCUT2D eigenvalue weighted by atomic mass is 10.2. The minimum atomic E-state index is -0.136. The Kier molecular flexibility index (Phi) is 4.41. The lowest BCUT2D eigenvalue weighted by molar-refractivity contribution is 0.194. The summed E-state index contributed by atoms with van der Waals surface area (Å²) in [4.78, 5) is 22.4. The Morgan fingerprint density at radius 2 is 2.09 bits per heavy atom. The first-order chi connectivity index (χ1) is 11.1. The molecule has 1 N–H and O–H groups in total. The number of urea groups is 1. The molecule has 1 fully saturated rings. The third-order valence-electron chi connectivity index (χ3n) is 3.72. The molecule has 120 valence electrons. The van der Waals surface area contributed by atoms with Crippen LogP contribution in [0.2, 0.25) is 0 Å². The number of rotatable bonds is 3. The van der Waals surface area contributed by atoms with Crippen molar-refractivity contribution in [3.8, 4) is 5.75 Å². The largest absolute Gasteiger partial charge is 0.488 e. The lowest BCUT2D eigenvalue weighted by Gasteiger charge is -2.18.